The fourth-order valence-corrected chi connectivity index (χ4v) is 14.4. The van der Waals surface area contributed by atoms with Crippen LogP contribution < -0.4 is 0 Å². The molecule has 0 aliphatic carbocycles. The van der Waals surface area contributed by atoms with Gasteiger partial charge >= 0.3 is 0 Å². The van der Waals surface area contributed by atoms with Gasteiger partial charge in [-0.2, -0.15) is 0 Å². The SMILES string of the molecule is c1ccc2c(c1)oc1cc(-c3nc(-c4ccc5c(c4)sc4ccccc45)nc(-c4cccc5sc6ccc(-c7cccc8sc9ccc(-n%10c%11ccccc%11c%11ccccc%11%10)cc9c78)cc6c45)n3)ccc12. The lowest BCUT2D eigenvalue weighted by atomic mass is 9.97. The van der Waals surface area contributed by atoms with Crippen LogP contribution in [0.3, 0.4) is 0 Å². The minimum atomic E-state index is 0.595. The highest BCUT2D eigenvalue weighted by atomic mass is 32.1. The van der Waals surface area contributed by atoms with Gasteiger partial charge in [0.05, 0.1) is 11.0 Å². The van der Waals surface area contributed by atoms with Gasteiger partial charge in [0.1, 0.15) is 11.2 Å². The molecule has 10 aromatic carbocycles. The van der Waals surface area contributed by atoms with E-state index in [1.54, 1.807) is 11.3 Å². The molecule has 0 saturated carbocycles. The van der Waals surface area contributed by atoms with Gasteiger partial charge < -0.3 is 8.98 Å². The first-order valence-electron chi connectivity index (χ1n) is 23.6. The molecule has 16 aromatic rings. The maximum Gasteiger partial charge on any atom is 0.164 e. The van der Waals surface area contributed by atoms with Gasteiger partial charge in [0.25, 0.3) is 0 Å². The van der Waals surface area contributed by atoms with Crippen LogP contribution >= 0.6 is 34.0 Å². The van der Waals surface area contributed by atoms with E-state index in [4.69, 9.17) is 19.4 Å². The van der Waals surface area contributed by atoms with Crippen LogP contribution in [0.1, 0.15) is 0 Å². The molecule has 0 amide bonds. The van der Waals surface area contributed by atoms with E-state index in [-0.39, 0.29) is 0 Å². The fraction of sp³-hybridized carbons (Fsp3) is 0. The van der Waals surface area contributed by atoms with Gasteiger partial charge in [-0.3, -0.25) is 0 Å². The van der Waals surface area contributed by atoms with E-state index >= 15 is 0 Å². The van der Waals surface area contributed by atoms with Crippen molar-refractivity contribution in [3.05, 3.63) is 206 Å². The van der Waals surface area contributed by atoms with Crippen LogP contribution in [-0.4, -0.2) is 19.5 Å². The van der Waals surface area contributed by atoms with Gasteiger partial charge in [-0.25, -0.2) is 15.0 Å². The molecule has 0 atom stereocenters. The van der Waals surface area contributed by atoms with E-state index in [0.717, 1.165) is 49.7 Å². The Morgan fingerprint density at radius 1 is 0.310 bits per heavy atom. The van der Waals surface area contributed by atoms with E-state index in [2.05, 4.69) is 199 Å². The maximum absolute atomic E-state index is 6.39. The fourth-order valence-electron chi connectivity index (χ4n) is 11.1. The summed E-state index contributed by atoms with van der Waals surface area (Å²) in [4.78, 5) is 16.0. The Balaban J connectivity index is 0.885. The van der Waals surface area contributed by atoms with Gasteiger partial charge in [-0.1, -0.05) is 121 Å². The summed E-state index contributed by atoms with van der Waals surface area (Å²) >= 11 is 5.47. The third kappa shape index (κ3) is 5.93. The van der Waals surface area contributed by atoms with Gasteiger partial charge in [0.15, 0.2) is 17.5 Å². The van der Waals surface area contributed by atoms with Gasteiger partial charge in [-0.15, -0.1) is 34.0 Å². The first-order chi connectivity index (χ1) is 35.1. The quantitative estimate of drug-likeness (QED) is 0.172. The molecule has 330 valence electrons. The maximum atomic E-state index is 6.39. The minimum Gasteiger partial charge on any atom is -0.456 e. The third-order valence-electron chi connectivity index (χ3n) is 14.3. The Labute approximate surface area is 416 Å². The zero-order valence-corrected chi connectivity index (χ0v) is 40.0. The Hall–Kier alpha value is -8.53. The number of thiophene rings is 3. The average Bonchev–Trinajstić information content (AvgIpc) is 4.25. The lowest BCUT2D eigenvalue weighted by Crippen LogP contribution is -2.00. The first-order valence-corrected chi connectivity index (χ1v) is 26.1. The van der Waals surface area contributed by atoms with Crippen molar-refractivity contribution in [1.29, 1.82) is 0 Å². The van der Waals surface area contributed by atoms with Crippen molar-refractivity contribution in [2.24, 2.45) is 0 Å². The number of rotatable bonds is 5. The summed E-state index contributed by atoms with van der Waals surface area (Å²) in [6.45, 7) is 0. The number of hydrogen-bond acceptors (Lipinski definition) is 7. The Morgan fingerprint density at radius 2 is 0.831 bits per heavy atom. The summed E-state index contributed by atoms with van der Waals surface area (Å²) in [7, 11) is 0. The smallest absolute Gasteiger partial charge is 0.164 e. The highest BCUT2D eigenvalue weighted by Crippen LogP contribution is 2.46. The summed E-state index contributed by atoms with van der Waals surface area (Å²) in [6.07, 6.45) is 0. The van der Waals surface area contributed by atoms with Gasteiger partial charge in [-0.05, 0) is 96.1 Å². The summed E-state index contributed by atoms with van der Waals surface area (Å²) in [5, 5.41) is 12.0. The van der Waals surface area contributed by atoms with E-state index in [0.29, 0.717) is 17.5 Å². The normalized spacial score (nSPS) is 12.2. The number of hydrogen-bond donors (Lipinski definition) is 0. The molecule has 6 aromatic heterocycles. The second kappa shape index (κ2) is 15.0. The van der Waals surface area contributed by atoms with Gasteiger partial charge in [0, 0.05) is 104 Å². The number of benzene rings is 10. The number of aromatic nitrogens is 4. The lowest BCUT2D eigenvalue weighted by molar-refractivity contribution is 0.669. The van der Waals surface area contributed by atoms with Crippen molar-refractivity contribution in [2.75, 3.05) is 0 Å². The highest BCUT2D eigenvalue weighted by Gasteiger charge is 2.21. The first kappa shape index (κ1) is 39.3. The average molecular weight is 959 g/mol. The number of fused-ring (bicyclic) bond motifs is 15. The molecule has 0 unspecified atom stereocenters. The molecule has 0 radical (unpaired) electrons. The van der Waals surface area contributed by atoms with Gasteiger partial charge in [0.2, 0.25) is 0 Å². The van der Waals surface area contributed by atoms with Crippen molar-refractivity contribution in [3.8, 4) is 51.0 Å². The standard InChI is InChI=1S/C63H34N4OS3/c1-5-17-49-40(11-1)41-12-2-6-18-50(41)67(49)38-26-30-55-48(34-38)59-39(15-9-21-56(59)70-55)35-25-29-54-47(31-35)60-46(16-10-22-57(60)69-54)63-65-61(36-23-27-43-42-13-3-7-19-51(42)68-52(43)32-36)64-62(66-63)37-24-28-45-44-14-4-8-20-53(44)71-58(45)33-37/h1-34H. The van der Waals surface area contributed by atoms with Crippen molar-refractivity contribution in [2.45, 2.75) is 0 Å². The molecule has 0 aliphatic heterocycles. The van der Waals surface area contributed by atoms with Crippen LogP contribution in [0.25, 0.3) is 155 Å². The molecule has 0 fully saturated rings. The van der Waals surface area contributed by atoms with Crippen molar-refractivity contribution < 1.29 is 4.42 Å². The molecule has 71 heavy (non-hydrogen) atoms. The molecule has 6 heterocycles. The van der Waals surface area contributed by atoms with Crippen LogP contribution in [0.4, 0.5) is 0 Å². The van der Waals surface area contributed by atoms with Crippen LogP contribution in [0.15, 0.2) is 211 Å². The monoisotopic (exact) mass is 958 g/mol. The topological polar surface area (TPSA) is 56.7 Å². The van der Waals surface area contributed by atoms with Crippen molar-refractivity contribution in [1.82, 2.24) is 19.5 Å². The Bertz CT molecular complexity index is 4730. The molecule has 0 spiro atoms. The summed E-state index contributed by atoms with van der Waals surface area (Å²) in [6, 6.07) is 74.4. The minimum absolute atomic E-state index is 0.595. The molecular weight excluding hydrogens is 925 g/mol. The second-order valence-corrected chi connectivity index (χ2v) is 21.5. The third-order valence-corrected chi connectivity index (χ3v) is 17.7. The predicted molar refractivity (Wildman–Crippen MR) is 302 cm³/mol. The van der Waals surface area contributed by atoms with Crippen LogP contribution in [-0.2, 0) is 0 Å². The lowest BCUT2D eigenvalue weighted by Gasteiger charge is -2.11. The number of furan rings is 1. The molecule has 0 saturated heterocycles. The van der Waals surface area contributed by atoms with E-state index < -0.39 is 0 Å². The number of nitrogens with zero attached hydrogens (tertiary/aromatic N) is 4. The van der Waals surface area contributed by atoms with E-state index in [1.807, 2.05) is 34.8 Å². The zero-order valence-electron chi connectivity index (χ0n) is 37.6. The summed E-state index contributed by atoms with van der Waals surface area (Å²) in [5.74, 6) is 1.85. The molecular formula is C63H34N4OS3. The van der Waals surface area contributed by atoms with Crippen molar-refractivity contribution >= 4 is 138 Å². The van der Waals surface area contributed by atoms with Crippen LogP contribution in [0, 0.1) is 0 Å². The molecule has 8 heteroatoms. The Kier molecular flexibility index (Phi) is 8.30. The molecule has 16 rings (SSSR count). The van der Waals surface area contributed by atoms with Crippen molar-refractivity contribution in [3.63, 3.8) is 0 Å². The summed E-state index contributed by atoms with van der Waals surface area (Å²) < 4.78 is 16.2. The Morgan fingerprint density at radius 3 is 1.61 bits per heavy atom. The largest absolute Gasteiger partial charge is 0.456 e. The number of para-hydroxylation sites is 3. The molecule has 0 bridgehead atoms. The highest BCUT2D eigenvalue weighted by molar-refractivity contribution is 7.26. The molecule has 0 N–H and O–H groups in total. The predicted octanol–water partition coefficient (Wildman–Crippen LogP) is 18.6. The van der Waals surface area contributed by atoms with Crippen LogP contribution in [0.2, 0.25) is 0 Å². The molecule has 0 aliphatic rings. The van der Waals surface area contributed by atoms with Crippen LogP contribution in [0.5, 0.6) is 0 Å². The summed E-state index contributed by atoms with van der Waals surface area (Å²) in [5.41, 5.74) is 10.4. The van der Waals surface area contributed by atoms with E-state index in [9.17, 15) is 0 Å². The second-order valence-electron chi connectivity index (χ2n) is 18.2. The molecule has 5 nitrogen and oxygen atoms in total. The van der Waals surface area contributed by atoms with E-state index in [1.165, 1.54) is 88.1 Å². The zero-order chi connectivity index (χ0) is 46.3.